The minimum Gasteiger partial charge on any atom is -0.388 e. The molecule has 1 atom stereocenters. The number of hydrogen-bond donors (Lipinski definition) is 1. The summed E-state index contributed by atoms with van der Waals surface area (Å²) in [6.07, 6.45) is 4.05. The molecule has 0 amide bonds. The van der Waals surface area contributed by atoms with Crippen LogP contribution in [0.5, 0.6) is 0 Å². The average molecular weight is 321 g/mol. The van der Waals surface area contributed by atoms with Gasteiger partial charge in [0.2, 0.25) is 0 Å². The third-order valence-corrected chi connectivity index (χ3v) is 3.97. The van der Waals surface area contributed by atoms with E-state index in [0.29, 0.717) is 10.0 Å². The van der Waals surface area contributed by atoms with Gasteiger partial charge >= 0.3 is 0 Å². The molecule has 2 aromatic carbocycles. The SMILES string of the molecule is C=CCCCC(O)c1ccc(-c2ccc(Cl)cc2Cl)cc1. The summed E-state index contributed by atoms with van der Waals surface area (Å²) in [4.78, 5) is 0. The molecule has 0 spiro atoms. The highest BCUT2D eigenvalue weighted by atomic mass is 35.5. The first kappa shape index (κ1) is 16.1. The number of unbranched alkanes of at least 4 members (excludes halogenated alkanes) is 1. The molecule has 0 aliphatic rings. The number of benzene rings is 2. The van der Waals surface area contributed by atoms with E-state index in [-0.39, 0.29) is 0 Å². The van der Waals surface area contributed by atoms with Gasteiger partial charge in [0, 0.05) is 15.6 Å². The lowest BCUT2D eigenvalue weighted by Gasteiger charge is -2.12. The van der Waals surface area contributed by atoms with E-state index < -0.39 is 6.10 Å². The molecule has 1 N–H and O–H groups in total. The van der Waals surface area contributed by atoms with Crippen molar-refractivity contribution in [2.45, 2.75) is 25.4 Å². The molecule has 0 saturated carbocycles. The molecule has 2 aromatic rings. The Hall–Kier alpha value is -1.28. The number of halogens is 2. The van der Waals surface area contributed by atoms with Crippen molar-refractivity contribution in [2.24, 2.45) is 0 Å². The summed E-state index contributed by atoms with van der Waals surface area (Å²) in [5, 5.41) is 11.4. The summed E-state index contributed by atoms with van der Waals surface area (Å²) in [5.74, 6) is 0. The zero-order valence-electron chi connectivity index (χ0n) is 11.7. The lowest BCUT2D eigenvalue weighted by molar-refractivity contribution is 0.165. The minimum absolute atomic E-state index is 0.431. The number of allylic oxidation sites excluding steroid dienone is 1. The van der Waals surface area contributed by atoms with Gasteiger partial charge in [0.15, 0.2) is 0 Å². The largest absolute Gasteiger partial charge is 0.388 e. The van der Waals surface area contributed by atoms with Crippen LogP contribution < -0.4 is 0 Å². The second kappa shape index (κ2) is 7.65. The van der Waals surface area contributed by atoms with Gasteiger partial charge in [0.1, 0.15) is 0 Å². The van der Waals surface area contributed by atoms with Crippen LogP contribution in [0.2, 0.25) is 10.0 Å². The van der Waals surface area contributed by atoms with Crippen LogP contribution in [0.15, 0.2) is 55.1 Å². The Labute approximate surface area is 135 Å². The van der Waals surface area contributed by atoms with Crippen LogP contribution in [0.4, 0.5) is 0 Å². The van der Waals surface area contributed by atoms with Crippen LogP contribution in [0.25, 0.3) is 11.1 Å². The Balaban J connectivity index is 2.13. The second-order valence-corrected chi connectivity index (χ2v) is 5.83. The average Bonchev–Trinajstić information content (AvgIpc) is 2.48. The highest BCUT2D eigenvalue weighted by molar-refractivity contribution is 6.36. The van der Waals surface area contributed by atoms with Gasteiger partial charge in [-0.1, -0.05) is 59.6 Å². The molecule has 110 valence electrons. The molecule has 0 aliphatic heterocycles. The maximum absolute atomic E-state index is 10.1. The molecule has 0 aliphatic carbocycles. The summed E-state index contributed by atoms with van der Waals surface area (Å²) in [6.45, 7) is 3.69. The molecule has 2 rings (SSSR count). The van der Waals surface area contributed by atoms with Crippen molar-refractivity contribution in [3.05, 3.63) is 70.7 Å². The highest BCUT2D eigenvalue weighted by Gasteiger charge is 2.08. The zero-order valence-corrected chi connectivity index (χ0v) is 13.2. The van der Waals surface area contributed by atoms with E-state index in [1.807, 2.05) is 42.5 Å². The third-order valence-electron chi connectivity index (χ3n) is 3.42. The quantitative estimate of drug-likeness (QED) is 0.507. The monoisotopic (exact) mass is 320 g/mol. The minimum atomic E-state index is -0.431. The van der Waals surface area contributed by atoms with E-state index in [2.05, 4.69) is 6.58 Å². The van der Waals surface area contributed by atoms with E-state index >= 15 is 0 Å². The van der Waals surface area contributed by atoms with Crippen LogP contribution in [0.3, 0.4) is 0 Å². The Morgan fingerprint density at radius 2 is 1.81 bits per heavy atom. The lowest BCUT2D eigenvalue weighted by Crippen LogP contribution is -1.97. The second-order valence-electron chi connectivity index (χ2n) is 4.98. The predicted molar refractivity (Wildman–Crippen MR) is 90.9 cm³/mol. The standard InChI is InChI=1S/C18H18Cl2O/c1-2-3-4-5-18(21)14-8-6-13(7-9-14)16-11-10-15(19)12-17(16)20/h2,6-12,18,21H,1,3-5H2. The molecule has 0 saturated heterocycles. The summed E-state index contributed by atoms with van der Waals surface area (Å²) >= 11 is 12.1. The van der Waals surface area contributed by atoms with Gasteiger partial charge in [-0.25, -0.2) is 0 Å². The topological polar surface area (TPSA) is 20.2 Å². The van der Waals surface area contributed by atoms with E-state index in [1.165, 1.54) is 0 Å². The summed E-state index contributed by atoms with van der Waals surface area (Å²) in [6, 6.07) is 13.3. The maximum Gasteiger partial charge on any atom is 0.0790 e. The van der Waals surface area contributed by atoms with Crippen molar-refractivity contribution < 1.29 is 5.11 Å². The molecular formula is C18H18Cl2O. The number of hydrogen-bond acceptors (Lipinski definition) is 1. The van der Waals surface area contributed by atoms with E-state index in [9.17, 15) is 5.11 Å². The van der Waals surface area contributed by atoms with Crippen molar-refractivity contribution >= 4 is 23.2 Å². The van der Waals surface area contributed by atoms with Crippen molar-refractivity contribution in [2.75, 3.05) is 0 Å². The van der Waals surface area contributed by atoms with E-state index in [4.69, 9.17) is 23.2 Å². The maximum atomic E-state index is 10.1. The molecule has 3 heteroatoms. The zero-order chi connectivity index (χ0) is 15.2. The van der Waals surface area contributed by atoms with Gasteiger partial charge < -0.3 is 5.11 Å². The molecule has 0 aromatic heterocycles. The number of aliphatic hydroxyl groups is 1. The Bertz CT molecular complexity index is 605. The van der Waals surface area contributed by atoms with Crippen molar-refractivity contribution in [1.82, 2.24) is 0 Å². The molecule has 0 radical (unpaired) electrons. The summed E-state index contributed by atoms with van der Waals surface area (Å²) in [7, 11) is 0. The van der Waals surface area contributed by atoms with Crippen LogP contribution in [0, 0.1) is 0 Å². The van der Waals surface area contributed by atoms with Crippen molar-refractivity contribution in [1.29, 1.82) is 0 Å². The highest BCUT2D eigenvalue weighted by Crippen LogP contribution is 2.31. The van der Waals surface area contributed by atoms with Crippen molar-refractivity contribution in [3.63, 3.8) is 0 Å². The molecule has 0 fully saturated rings. The van der Waals surface area contributed by atoms with Crippen LogP contribution >= 0.6 is 23.2 Å². The fourth-order valence-corrected chi connectivity index (χ4v) is 2.75. The van der Waals surface area contributed by atoms with E-state index in [0.717, 1.165) is 36.0 Å². The summed E-state index contributed by atoms with van der Waals surface area (Å²) < 4.78 is 0. The first-order valence-electron chi connectivity index (χ1n) is 6.96. The first-order valence-corrected chi connectivity index (χ1v) is 7.71. The third kappa shape index (κ3) is 4.34. The van der Waals surface area contributed by atoms with Crippen LogP contribution in [-0.2, 0) is 0 Å². The van der Waals surface area contributed by atoms with Gasteiger partial charge in [0.25, 0.3) is 0 Å². The molecule has 1 nitrogen and oxygen atoms in total. The number of aliphatic hydroxyl groups excluding tert-OH is 1. The molecule has 0 heterocycles. The Morgan fingerprint density at radius 1 is 1.10 bits per heavy atom. The molecular weight excluding hydrogens is 303 g/mol. The normalized spacial score (nSPS) is 12.1. The van der Waals surface area contributed by atoms with Gasteiger partial charge in [-0.3, -0.25) is 0 Å². The molecule has 1 unspecified atom stereocenters. The van der Waals surface area contributed by atoms with E-state index in [1.54, 1.807) is 6.07 Å². The molecule has 0 bridgehead atoms. The predicted octanol–water partition coefficient (Wildman–Crippen LogP) is 6.05. The van der Waals surface area contributed by atoms with Gasteiger partial charge in [0.05, 0.1) is 6.10 Å². The van der Waals surface area contributed by atoms with Gasteiger partial charge in [-0.15, -0.1) is 6.58 Å². The smallest absolute Gasteiger partial charge is 0.0790 e. The lowest BCUT2D eigenvalue weighted by atomic mass is 9.99. The van der Waals surface area contributed by atoms with Crippen LogP contribution in [0.1, 0.15) is 30.9 Å². The Kier molecular flexibility index (Phi) is 5.86. The van der Waals surface area contributed by atoms with Crippen LogP contribution in [-0.4, -0.2) is 5.11 Å². The first-order chi connectivity index (χ1) is 10.1. The molecule has 21 heavy (non-hydrogen) atoms. The fourth-order valence-electron chi connectivity index (χ4n) is 2.23. The fraction of sp³-hybridized carbons (Fsp3) is 0.222. The summed E-state index contributed by atoms with van der Waals surface area (Å²) in [5.41, 5.74) is 2.88. The Morgan fingerprint density at radius 3 is 2.43 bits per heavy atom. The number of rotatable bonds is 6. The van der Waals surface area contributed by atoms with Gasteiger partial charge in [-0.05, 0) is 42.5 Å². The van der Waals surface area contributed by atoms with Gasteiger partial charge in [-0.2, -0.15) is 0 Å². The van der Waals surface area contributed by atoms with Crippen molar-refractivity contribution in [3.8, 4) is 11.1 Å².